The molecular weight excluding hydrogens is 250 g/mol. The van der Waals surface area contributed by atoms with E-state index in [4.69, 9.17) is 0 Å². The van der Waals surface area contributed by atoms with Crippen molar-refractivity contribution >= 4 is 28.7 Å². The summed E-state index contributed by atoms with van der Waals surface area (Å²) in [6.45, 7) is 0. The molecule has 0 atom stereocenters. The van der Waals surface area contributed by atoms with E-state index in [2.05, 4.69) is 25.7 Å². The number of nitrogens with zero attached hydrogens (tertiary/aromatic N) is 3. The van der Waals surface area contributed by atoms with E-state index >= 15 is 0 Å². The van der Waals surface area contributed by atoms with E-state index in [1.165, 1.54) is 6.34 Å². The molecule has 0 fully saturated rings. The lowest BCUT2D eigenvalue weighted by Gasteiger charge is -1.95. The van der Waals surface area contributed by atoms with Gasteiger partial charge in [0, 0.05) is 10.9 Å². The number of rotatable bonds is 4. The van der Waals surface area contributed by atoms with Crippen LogP contribution in [0, 0.1) is 0 Å². The van der Waals surface area contributed by atoms with Crippen LogP contribution >= 0.6 is 0 Å². The molecule has 0 saturated heterocycles. The summed E-state index contributed by atoms with van der Waals surface area (Å²) in [6.07, 6.45) is 1.37. The van der Waals surface area contributed by atoms with Gasteiger partial charge in [0.1, 0.15) is 0 Å². The van der Waals surface area contributed by atoms with E-state index < -0.39 is 0 Å². The molecule has 1 heterocycles. The Hall–Kier alpha value is -2.95. The van der Waals surface area contributed by atoms with Crippen molar-refractivity contribution in [1.29, 1.82) is 0 Å². The number of hydrazone groups is 1. The van der Waals surface area contributed by atoms with Gasteiger partial charge in [0.2, 0.25) is 0 Å². The lowest BCUT2D eigenvalue weighted by atomic mass is 10.3. The Labute approximate surface area is 116 Å². The van der Waals surface area contributed by atoms with Crippen molar-refractivity contribution in [1.82, 2.24) is 4.98 Å². The minimum atomic E-state index is 0.706. The topological polar surface area (TPSA) is 64.9 Å². The number of para-hydroxylation sites is 2. The normalized spacial score (nSPS) is 11.6. The number of azo groups is 1. The quantitative estimate of drug-likeness (QED) is 0.313. The molecule has 0 amide bonds. The number of hydrogen-bond acceptors (Lipinski definition) is 3. The van der Waals surface area contributed by atoms with Gasteiger partial charge in [-0.3, -0.25) is 5.43 Å². The first-order valence-corrected chi connectivity index (χ1v) is 6.23. The molecule has 0 spiro atoms. The number of anilines is 1. The molecule has 0 aliphatic carbocycles. The molecule has 3 aromatic rings. The predicted octanol–water partition coefficient (Wildman–Crippen LogP) is 4.31. The highest BCUT2D eigenvalue weighted by molar-refractivity contribution is 5.82. The molecule has 0 unspecified atom stereocenters. The van der Waals surface area contributed by atoms with Crippen LogP contribution in [0.2, 0.25) is 0 Å². The van der Waals surface area contributed by atoms with Gasteiger partial charge in [0.25, 0.3) is 0 Å². The Balaban J connectivity index is 1.62. The number of H-pyrrole nitrogens is 1. The molecule has 0 bridgehead atoms. The third kappa shape index (κ3) is 2.89. The fraction of sp³-hybridized carbons (Fsp3) is 0. The third-order valence-corrected chi connectivity index (χ3v) is 2.76. The molecule has 20 heavy (non-hydrogen) atoms. The van der Waals surface area contributed by atoms with Crippen molar-refractivity contribution in [2.45, 2.75) is 0 Å². The summed E-state index contributed by atoms with van der Waals surface area (Å²) >= 11 is 0. The summed E-state index contributed by atoms with van der Waals surface area (Å²) in [5.41, 5.74) is 4.81. The Kier molecular flexibility index (Phi) is 3.51. The number of aromatic amines is 1. The van der Waals surface area contributed by atoms with Gasteiger partial charge in [-0.2, -0.15) is 5.10 Å². The first kappa shape index (κ1) is 12.1. The van der Waals surface area contributed by atoms with Crippen molar-refractivity contribution in [3.05, 3.63) is 60.7 Å². The zero-order valence-electron chi connectivity index (χ0n) is 10.7. The molecule has 3 rings (SSSR count). The van der Waals surface area contributed by atoms with Gasteiger partial charge in [-0.25, -0.2) is 0 Å². The summed E-state index contributed by atoms with van der Waals surface area (Å²) in [4.78, 5) is 3.16. The lowest BCUT2D eigenvalue weighted by molar-refractivity contribution is 1.22. The van der Waals surface area contributed by atoms with E-state index in [1.807, 2.05) is 60.7 Å². The van der Waals surface area contributed by atoms with Gasteiger partial charge in [-0.05, 0) is 24.3 Å². The lowest BCUT2D eigenvalue weighted by Crippen LogP contribution is -1.86. The average Bonchev–Trinajstić information content (AvgIpc) is 2.90. The average molecular weight is 263 g/mol. The largest absolute Gasteiger partial charge is 0.338 e. The van der Waals surface area contributed by atoms with Crippen molar-refractivity contribution in [2.24, 2.45) is 15.3 Å². The van der Waals surface area contributed by atoms with Gasteiger partial charge >= 0.3 is 0 Å². The standard InChI is InChI=1S/C15H13N5/c1-2-7-13(8-3-1)19-16-11-17-20-15-10-12-6-4-5-9-14(12)18-15/h1-11,18-19H. The number of hydrogen-bond donors (Lipinski definition) is 2. The van der Waals surface area contributed by atoms with Crippen molar-refractivity contribution in [3.63, 3.8) is 0 Å². The van der Waals surface area contributed by atoms with Crippen LogP contribution in [0.4, 0.5) is 11.5 Å². The molecule has 5 nitrogen and oxygen atoms in total. The van der Waals surface area contributed by atoms with Crippen molar-refractivity contribution < 1.29 is 0 Å². The molecule has 0 aliphatic heterocycles. The SMILES string of the molecule is C(=NNc1ccccc1)N=Nc1cc2ccccc2[nH]1. The highest BCUT2D eigenvalue weighted by Crippen LogP contribution is 2.20. The summed E-state index contributed by atoms with van der Waals surface area (Å²) in [5, 5.41) is 13.0. The monoisotopic (exact) mass is 263 g/mol. The number of nitrogens with one attached hydrogen (secondary N) is 2. The van der Waals surface area contributed by atoms with Crippen LogP contribution in [0.5, 0.6) is 0 Å². The zero-order valence-corrected chi connectivity index (χ0v) is 10.7. The minimum absolute atomic E-state index is 0.706. The molecule has 2 aromatic carbocycles. The van der Waals surface area contributed by atoms with Gasteiger partial charge < -0.3 is 4.98 Å². The van der Waals surface area contributed by atoms with E-state index in [0.29, 0.717) is 5.82 Å². The van der Waals surface area contributed by atoms with Crippen LogP contribution in [0.1, 0.15) is 0 Å². The third-order valence-electron chi connectivity index (χ3n) is 2.76. The second kappa shape index (κ2) is 5.79. The Morgan fingerprint density at radius 2 is 1.75 bits per heavy atom. The first-order chi connectivity index (χ1) is 9.92. The van der Waals surface area contributed by atoms with Crippen LogP contribution in [0.3, 0.4) is 0 Å². The van der Waals surface area contributed by atoms with E-state index in [-0.39, 0.29) is 0 Å². The molecule has 0 saturated carbocycles. The molecule has 0 aliphatic rings. The van der Waals surface area contributed by atoms with Crippen LogP contribution in [-0.4, -0.2) is 11.3 Å². The Bertz CT molecular complexity index is 710. The molecule has 5 heteroatoms. The summed E-state index contributed by atoms with van der Waals surface area (Å²) in [6, 6.07) is 19.6. The second-order valence-electron chi connectivity index (χ2n) is 4.18. The Morgan fingerprint density at radius 1 is 0.950 bits per heavy atom. The van der Waals surface area contributed by atoms with Crippen LogP contribution in [0.15, 0.2) is 76.0 Å². The van der Waals surface area contributed by atoms with Gasteiger partial charge in [0.15, 0.2) is 12.2 Å². The molecule has 98 valence electrons. The van der Waals surface area contributed by atoms with Crippen LogP contribution < -0.4 is 5.43 Å². The van der Waals surface area contributed by atoms with Crippen molar-refractivity contribution in [3.8, 4) is 0 Å². The maximum Gasteiger partial charge on any atom is 0.158 e. The maximum atomic E-state index is 4.05. The fourth-order valence-corrected chi connectivity index (χ4v) is 1.84. The Morgan fingerprint density at radius 3 is 2.60 bits per heavy atom. The number of aromatic nitrogens is 1. The summed E-state index contributed by atoms with van der Waals surface area (Å²) in [7, 11) is 0. The van der Waals surface area contributed by atoms with E-state index in [1.54, 1.807) is 0 Å². The molecule has 1 aromatic heterocycles. The number of fused-ring (bicyclic) bond motifs is 1. The zero-order chi connectivity index (χ0) is 13.6. The predicted molar refractivity (Wildman–Crippen MR) is 81.4 cm³/mol. The molecule has 0 radical (unpaired) electrons. The first-order valence-electron chi connectivity index (χ1n) is 6.23. The van der Waals surface area contributed by atoms with Gasteiger partial charge in [0.05, 0.1) is 5.69 Å². The molecular formula is C15H13N5. The van der Waals surface area contributed by atoms with Crippen molar-refractivity contribution in [2.75, 3.05) is 5.43 Å². The fourth-order valence-electron chi connectivity index (χ4n) is 1.84. The van der Waals surface area contributed by atoms with Gasteiger partial charge in [-0.1, -0.05) is 36.4 Å². The smallest absolute Gasteiger partial charge is 0.158 e. The van der Waals surface area contributed by atoms with Gasteiger partial charge in [-0.15, -0.1) is 10.2 Å². The van der Waals surface area contributed by atoms with Crippen LogP contribution in [0.25, 0.3) is 10.9 Å². The molecule has 2 N–H and O–H groups in total. The minimum Gasteiger partial charge on any atom is -0.338 e. The highest BCUT2D eigenvalue weighted by Gasteiger charge is 1.96. The van der Waals surface area contributed by atoms with E-state index in [0.717, 1.165) is 16.6 Å². The number of benzene rings is 2. The van der Waals surface area contributed by atoms with Crippen LogP contribution in [-0.2, 0) is 0 Å². The summed E-state index contributed by atoms with van der Waals surface area (Å²) in [5.74, 6) is 0.706. The van der Waals surface area contributed by atoms with E-state index in [9.17, 15) is 0 Å². The summed E-state index contributed by atoms with van der Waals surface area (Å²) < 4.78 is 0. The maximum absolute atomic E-state index is 4.05. The second-order valence-corrected chi connectivity index (χ2v) is 4.18. The highest BCUT2D eigenvalue weighted by atomic mass is 15.3.